The predicted molar refractivity (Wildman–Crippen MR) is 149 cm³/mol. The molecule has 1 atom stereocenters. The number of benzene rings is 2. The molecule has 37 heavy (non-hydrogen) atoms. The number of carbonyl (C=O) groups is 2. The number of hydrogen-bond donors (Lipinski definition) is 1. The van der Waals surface area contributed by atoms with Gasteiger partial charge in [0.2, 0.25) is 0 Å². The highest BCUT2D eigenvalue weighted by molar-refractivity contribution is 7.07. The maximum absolute atomic E-state index is 12.9. The van der Waals surface area contributed by atoms with Crippen molar-refractivity contribution in [3.05, 3.63) is 87.6 Å². The Balaban J connectivity index is 1.58. The van der Waals surface area contributed by atoms with Gasteiger partial charge in [-0.25, -0.2) is 4.79 Å². The van der Waals surface area contributed by atoms with Gasteiger partial charge < -0.3 is 9.64 Å². The Hall–Kier alpha value is -3.20. The summed E-state index contributed by atoms with van der Waals surface area (Å²) < 4.78 is 4.78. The minimum absolute atomic E-state index is 0.000278. The molecule has 2 aromatic carbocycles. The lowest BCUT2D eigenvalue weighted by molar-refractivity contribution is 0.0772. The van der Waals surface area contributed by atoms with Crippen LogP contribution in [0.2, 0.25) is 0 Å². The summed E-state index contributed by atoms with van der Waals surface area (Å²) >= 11 is 1.74. The zero-order chi connectivity index (χ0) is 26.2. The molecule has 0 spiro atoms. The molecule has 196 valence electrons. The van der Waals surface area contributed by atoms with Gasteiger partial charge in [0, 0.05) is 57.1 Å². The standard InChI is InChI=1S/C29H36N4O3S/c1-4-32(5-2)28(34)24-11-9-23(10-12-24)27(25-7-6-8-26(19-25)30-29(35)36-3)33-16-14-31(15-17-33)20-22-13-18-37-21-22/h6-13,18-19,21,27H,4-5,14-17,20H2,1-3H3,(H,30,35). The molecule has 1 fully saturated rings. The molecule has 0 aliphatic carbocycles. The Bertz CT molecular complexity index is 1150. The zero-order valence-electron chi connectivity index (χ0n) is 21.9. The van der Waals surface area contributed by atoms with E-state index in [4.69, 9.17) is 4.74 Å². The van der Waals surface area contributed by atoms with Crippen LogP contribution in [-0.4, -0.2) is 73.1 Å². The SMILES string of the molecule is CCN(CC)C(=O)c1ccc(C(c2cccc(NC(=O)OC)c2)N2CCN(Cc3ccsc3)CC2)cc1. The maximum atomic E-state index is 12.9. The predicted octanol–water partition coefficient (Wildman–Crippen LogP) is 5.32. The highest BCUT2D eigenvalue weighted by Crippen LogP contribution is 2.32. The fraction of sp³-hybridized carbons (Fsp3) is 0.379. The van der Waals surface area contributed by atoms with Crippen molar-refractivity contribution < 1.29 is 14.3 Å². The number of piperazine rings is 1. The van der Waals surface area contributed by atoms with Crippen LogP contribution in [-0.2, 0) is 11.3 Å². The quantitative estimate of drug-likeness (QED) is 0.414. The molecule has 2 amide bonds. The monoisotopic (exact) mass is 520 g/mol. The summed E-state index contributed by atoms with van der Waals surface area (Å²) in [4.78, 5) is 31.5. The fourth-order valence-corrected chi connectivity index (χ4v) is 5.55. The second-order valence-corrected chi connectivity index (χ2v) is 9.97. The van der Waals surface area contributed by atoms with Crippen molar-refractivity contribution in [2.24, 2.45) is 0 Å². The number of carbonyl (C=O) groups excluding carboxylic acids is 2. The van der Waals surface area contributed by atoms with Gasteiger partial charge in [0.05, 0.1) is 13.2 Å². The summed E-state index contributed by atoms with van der Waals surface area (Å²) in [6, 6.07) is 18.1. The molecular weight excluding hydrogens is 484 g/mol. The first-order valence-electron chi connectivity index (χ1n) is 12.8. The van der Waals surface area contributed by atoms with Crippen LogP contribution < -0.4 is 5.32 Å². The van der Waals surface area contributed by atoms with Gasteiger partial charge in [-0.05, 0) is 71.6 Å². The lowest BCUT2D eigenvalue weighted by Crippen LogP contribution is -2.47. The average Bonchev–Trinajstić information content (AvgIpc) is 3.44. The van der Waals surface area contributed by atoms with E-state index in [9.17, 15) is 9.59 Å². The molecule has 7 nitrogen and oxygen atoms in total. The number of nitrogens with one attached hydrogen (secondary N) is 1. The Morgan fingerprint density at radius 2 is 1.73 bits per heavy atom. The summed E-state index contributed by atoms with van der Waals surface area (Å²) in [5, 5.41) is 7.13. The molecule has 4 rings (SSSR count). The number of methoxy groups -OCH3 is 1. The first-order chi connectivity index (χ1) is 18.0. The Morgan fingerprint density at radius 3 is 2.35 bits per heavy atom. The van der Waals surface area contributed by atoms with Gasteiger partial charge >= 0.3 is 6.09 Å². The van der Waals surface area contributed by atoms with Crippen molar-refractivity contribution in [3.8, 4) is 0 Å². The number of amides is 2. The zero-order valence-corrected chi connectivity index (χ0v) is 22.7. The average molecular weight is 521 g/mol. The third-order valence-corrected chi connectivity index (χ3v) is 7.65. The number of anilines is 1. The van der Waals surface area contributed by atoms with Crippen LogP contribution in [0.3, 0.4) is 0 Å². The number of hydrogen-bond acceptors (Lipinski definition) is 6. The normalized spacial score (nSPS) is 15.2. The number of ether oxygens (including phenoxy) is 1. The van der Waals surface area contributed by atoms with E-state index in [1.807, 2.05) is 49.1 Å². The molecule has 3 aromatic rings. The molecule has 1 saturated heterocycles. The highest BCUT2D eigenvalue weighted by Gasteiger charge is 2.27. The van der Waals surface area contributed by atoms with Gasteiger partial charge in [-0.3, -0.25) is 19.9 Å². The van der Waals surface area contributed by atoms with E-state index in [0.717, 1.165) is 43.9 Å². The summed E-state index contributed by atoms with van der Waals surface area (Å²) in [7, 11) is 1.36. The topological polar surface area (TPSA) is 65.1 Å². The van der Waals surface area contributed by atoms with Crippen molar-refractivity contribution in [1.29, 1.82) is 0 Å². The molecule has 1 aromatic heterocycles. The summed E-state index contributed by atoms with van der Waals surface area (Å²) in [6.45, 7) is 10.1. The number of rotatable bonds is 9. The van der Waals surface area contributed by atoms with Crippen LogP contribution >= 0.6 is 11.3 Å². The van der Waals surface area contributed by atoms with Crippen LogP contribution in [0, 0.1) is 0 Å². The van der Waals surface area contributed by atoms with Crippen LogP contribution in [0.1, 0.15) is 46.9 Å². The van der Waals surface area contributed by atoms with Crippen LogP contribution in [0.4, 0.5) is 10.5 Å². The minimum atomic E-state index is -0.491. The van der Waals surface area contributed by atoms with Gasteiger partial charge in [0.1, 0.15) is 0 Å². The van der Waals surface area contributed by atoms with Gasteiger partial charge in [0.25, 0.3) is 5.91 Å². The summed E-state index contributed by atoms with van der Waals surface area (Å²) in [5.41, 5.74) is 4.97. The molecule has 0 radical (unpaired) electrons. The van der Waals surface area contributed by atoms with E-state index < -0.39 is 6.09 Å². The van der Waals surface area contributed by atoms with E-state index in [2.05, 4.69) is 50.1 Å². The van der Waals surface area contributed by atoms with Gasteiger partial charge in [-0.2, -0.15) is 11.3 Å². The van der Waals surface area contributed by atoms with E-state index in [0.29, 0.717) is 24.3 Å². The third-order valence-electron chi connectivity index (χ3n) is 6.92. The fourth-order valence-electron chi connectivity index (χ4n) is 4.89. The molecule has 8 heteroatoms. The molecule has 0 bridgehead atoms. The molecule has 1 unspecified atom stereocenters. The highest BCUT2D eigenvalue weighted by atomic mass is 32.1. The van der Waals surface area contributed by atoms with E-state index in [1.54, 1.807) is 11.3 Å². The first-order valence-corrected chi connectivity index (χ1v) is 13.8. The molecule has 0 saturated carbocycles. The third kappa shape index (κ3) is 6.77. The van der Waals surface area contributed by atoms with Crippen LogP contribution in [0.15, 0.2) is 65.4 Å². The van der Waals surface area contributed by atoms with E-state index in [1.165, 1.54) is 12.7 Å². The van der Waals surface area contributed by atoms with Crippen LogP contribution in [0.25, 0.3) is 0 Å². The van der Waals surface area contributed by atoms with E-state index in [-0.39, 0.29) is 11.9 Å². The first kappa shape index (κ1) is 26.9. The second-order valence-electron chi connectivity index (χ2n) is 9.19. The number of nitrogens with zero attached hydrogens (tertiary/aromatic N) is 3. The summed E-state index contributed by atoms with van der Waals surface area (Å²) in [6.07, 6.45) is -0.491. The Morgan fingerprint density at radius 1 is 1.00 bits per heavy atom. The van der Waals surface area contributed by atoms with E-state index >= 15 is 0 Å². The van der Waals surface area contributed by atoms with Gasteiger partial charge in [-0.15, -0.1) is 0 Å². The second kappa shape index (κ2) is 12.9. The molecule has 1 aliphatic rings. The van der Waals surface area contributed by atoms with Gasteiger partial charge in [0.15, 0.2) is 0 Å². The molecule has 1 aliphatic heterocycles. The maximum Gasteiger partial charge on any atom is 0.411 e. The molecule has 2 heterocycles. The smallest absolute Gasteiger partial charge is 0.411 e. The van der Waals surface area contributed by atoms with Crippen molar-refractivity contribution >= 4 is 29.0 Å². The minimum Gasteiger partial charge on any atom is -0.453 e. The Kier molecular flexibility index (Phi) is 9.33. The lowest BCUT2D eigenvalue weighted by atomic mass is 9.94. The van der Waals surface area contributed by atoms with Gasteiger partial charge in [-0.1, -0.05) is 24.3 Å². The van der Waals surface area contributed by atoms with Crippen molar-refractivity contribution in [3.63, 3.8) is 0 Å². The molecular formula is C29H36N4O3S. The van der Waals surface area contributed by atoms with Crippen molar-refractivity contribution in [2.45, 2.75) is 26.4 Å². The lowest BCUT2D eigenvalue weighted by Gasteiger charge is -2.40. The van der Waals surface area contributed by atoms with Crippen molar-refractivity contribution in [1.82, 2.24) is 14.7 Å². The van der Waals surface area contributed by atoms with Crippen molar-refractivity contribution in [2.75, 3.05) is 51.7 Å². The Labute approximate surface area is 223 Å². The number of thiophene rings is 1. The largest absolute Gasteiger partial charge is 0.453 e. The molecule has 1 N–H and O–H groups in total. The van der Waals surface area contributed by atoms with Crippen LogP contribution in [0.5, 0.6) is 0 Å². The summed E-state index contributed by atoms with van der Waals surface area (Å²) in [5.74, 6) is 0.0550.